The largest absolute Gasteiger partial charge is 0.352 e. The lowest BCUT2D eigenvalue weighted by Crippen LogP contribution is -2.38. The van der Waals surface area contributed by atoms with Gasteiger partial charge in [-0.1, -0.05) is 30.3 Å². The highest BCUT2D eigenvalue weighted by molar-refractivity contribution is 6.22. The van der Waals surface area contributed by atoms with Crippen LogP contribution >= 0.6 is 0 Å². The number of imide groups is 1. The predicted molar refractivity (Wildman–Crippen MR) is 105 cm³/mol. The first-order chi connectivity index (χ1) is 13.6. The molecule has 1 saturated heterocycles. The van der Waals surface area contributed by atoms with E-state index in [4.69, 9.17) is 0 Å². The Balaban J connectivity index is 1.46. The molecular weight excluding hydrogens is 354 g/mol. The van der Waals surface area contributed by atoms with Crippen LogP contribution in [0.4, 0.5) is 0 Å². The molecule has 0 spiro atoms. The van der Waals surface area contributed by atoms with Gasteiger partial charge in [0.25, 0.3) is 17.7 Å². The smallest absolute Gasteiger partial charge is 0.261 e. The summed E-state index contributed by atoms with van der Waals surface area (Å²) in [5.74, 6) is -0.453. The molecule has 0 saturated carbocycles. The zero-order chi connectivity index (χ0) is 19.5. The van der Waals surface area contributed by atoms with E-state index in [1.165, 1.54) is 11.0 Å². The molecule has 2 heterocycles. The van der Waals surface area contributed by atoms with E-state index in [0.29, 0.717) is 29.2 Å². The summed E-state index contributed by atoms with van der Waals surface area (Å²) in [6.07, 6.45) is 2.21. The second kappa shape index (κ2) is 7.94. The first-order valence-electron chi connectivity index (χ1n) is 9.66. The Morgan fingerprint density at radius 3 is 2.61 bits per heavy atom. The number of amides is 3. The highest BCUT2D eigenvalue weighted by Gasteiger charge is 2.36. The van der Waals surface area contributed by atoms with E-state index in [1.54, 1.807) is 12.1 Å². The van der Waals surface area contributed by atoms with Gasteiger partial charge in [-0.15, -0.1) is 0 Å². The molecule has 0 aliphatic carbocycles. The van der Waals surface area contributed by atoms with E-state index in [9.17, 15) is 14.4 Å². The minimum Gasteiger partial charge on any atom is -0.352 e. The highest BCUT2D eigenvalue weighted by Crippen LogP contribution is 2.25. The Labute approximate surface area is 163 Å². The van der Waals surface area contributed by atoms with Gasteiger partial charge in [0, 0.05) is 12.1 Å². The number of nitrogens with one attached hydrogen (secondary N) is 2. The van der Waals surface area contributed by atoms with Gasteiger partial charge >= 0.3 is 0 Å². The summed E-state index contributed by atoms with van der Waals surface area (Å²) in [7, 11) is 0. The first-order valence-corrected chi connectivity index (χ1v) is 9.66. The van der Waals surface area contributed by atoms with Crippen LogP contribution in [0.15, 0.2) is 48.5 Å². The molecule has 28 heavy (non-hydrogen) atoms. The fourth-order valence-corrected chi connectivity index (χ4v) is 3.78. The molecule has 1 fully saturated rings. The maximum Gasteiger partial charge on any atom is 0.261 e. The lowest BCUT2D eigenvalue weighted by molar-refractivity contribution is 0.0642. The van der Waals surface area contributed by atoms with Crippen molar-refractivity contribution in [3.8, 4) is 0 Å². The number of fused-ring (bicyclic) bond motifs is 1. The molecule has 2 aromatic carbocycles. The average Bonchev–Trinajstić information content (AvgIpc) is 2.98. The third-order valence-electron chi connectivity index (χ3n) is 5.37. The molecule has 2 aliphatic heterocycles. The van der Waals surface area contributed by atoms with Gasteiger partial charge in [0.15, 0.2) is 0 Å². The molecule has 144 valence electrons. The zero-order valence-corrected chi connectivity index (χ0v) is 15.6. The number of nitrogens with zero attached hydrogens (tertiary/aromatic N) is 1. The van der Waals surface area contributed by atoms with E-state index < -0.39 is 0 Å². The van der Waals surface area contributed by atoms with Gasteiger partial charge in [0.1, 0.15) is 0 Å². The Morgan fingerprint density at radius 1 is 1.07 bits per heavy atom. The predicted octanol–water partition coefficient (Wildman–Crippen LogP) is 2.21. The summed E-state index contributed by atoms with van der Waals surface area (Å²) >= 11 is 0. The molecule has 6 nitrogen and oxygen atoms in total. The molecule has 6 heteroatoms. The van der Waals surface area contributed by atoms with Crippen LogP contribution < -0.4 is 10.6 Å². The molecule has 1 atom stereocenters. The Hall–Kier alpha value is -2.99. The lowest BCUT2D eigenvalue weighted by atomic mass is 9.99. The normalized spacial score (nSPS) is 18.9. The number of piperidine rings is 1. The van der Waals surface area contributed by atoms with Gasteiger partial charge in [-0.25, -0.2) is 0 Å². The number of benzene rings is 2. The molecule has 0 bridgehead atoms. The first kappa shape index (κ1) is 18.4. The van der Waals surface area contributed by atoms with Gasteiger partial charge in [-0.05, 0) is 55.6 Å². The lowest BCUT2D eigenvalue weighted by Gasteiger charge is -2.22. The summed E-state index contributed by atoms with van der Waals surface area (Å²) in [6.45, 7) is 2.77. The van der Waals surface area contributed by atoms with Gasteiger partial charge in [0.2, 0.25) is 0 Å². The fraction of sp³-hybridized carbons (Fsp3) is 0.318. The maximum absolute atomic E-state index is 12.8. The van der Waals surface area contributed by atoms with Crippen molar-refractivity contribution in [2.24, 2.45) is 5.92 Å². The van der Waals surface area contributed by atoms with Crippen LogP contribution in [0.1, 0.15) is 49.5 Å². The molecular formula is C22H23N3O3. The second-order valence-corrected chi connectivity index (χ2v) is 7.36. The van der Waals surface area contributed by atoms with Crippen molar-refractivity contribution in [2.75, 3.05) is 19.6 Å². The third kappa shape index (κ3) is 3.68. The van der Waals surface area contributed by atoms with E-state index in [1.807, 2.05) is 30.3 Å². The average molecular weight is 377 g/mol. The summed E-state index contributed by atoms with van der Waals surface area (Å²) in [4.78, 5) is 39.1. The van der Waals surface area contributed by atoms with Crippen LogP contribution in [0.25, 0.3) is 0 Å². The molecule has 2 aromatic rings. The van der Waals surface area contributed by atoms with Gasteiger partial charge in [-0.3, -0.25) is 19.3 Å². The number of carbonyl (C=O) groups excluding carboxylic acids is 3. The molecule has 1 unspecified atom stereocenters. The fourth-order valence-electron chi connectivity index (χ4n) is 3.78. The minimum atomic E-state index is -0.352. The molecule has 2 aliphatic rings. The number of rotatable bonds is 5. The maximum atomic E-state index is 12.8. The van der Waals surface area contributed by atoms with Gasteiger partial charge in [-0.2, -0.15) is 0 Å². The van der Waals surface area contributed by atoms with Crippen LogP contribution in [0, 0.1) is 5.92 Å². The van der Waals surface area contributed by atoms with Crippen molar-refractivity contribution < 1.29 is 14.4 Å². The third-order valence-corrected chi connectivity index (χ3v) is 5.37. The molecule has 4 rings (SSSR count). The van der Waals surface area contributed by atoms with Gasteiger partial charge < -0.3 is 10.6 Å². The highest BCUT2D eigenvalue weighted by atomic mass is 16.2. The zero-order valence-electron chi connectivity index (χ0n) is 15.6. The Bertz CT molecular complexity index is 904. The topological polar surface area (TPSA) is 78.5 Å². The number of carbonyl (C=O) groups is 3. The van der Waals surface area contributed by atoms with E-state index >= 15 is 0 Å². The minimum absolute atomic E-state index is 0.213. The second-order valence-electron chi connectivity index (χ2n) is 7.36. The monoisotopic (exact) mass is 377 g/mol. The molecule has 0 aromatic heterocycles. The summed E-state index contributed by atoms with van der Waals surface area (Å²) in [5, 5.41) is 6.28. The molecule has 3 amide bonds. The van der Waals surface area contributed by atoms with Crippen LogP contribution in [0.5, 0.6) is 0 Å². The van der Waals surface area contributed by atoms with Crippen molar-refractivity contribution in [1.82, 2.24) is 15.5 Å². The van der Waals surface area contributed by atoms with Gasteiger partial charge in [0.05, 0.1) is 17.7 Å². The summed E-state index contributed by atoms with van der Waals surface area (Å²) in [6, 6.07) is 14.1. The van der Waals surface area contributed by atoms with E-state index in [0.717, 1.165) is 31.5 Å². The SMILES string of the molecule is O=C(NCC1CCCNC1)c1ccc2c(c1)C(=O)N(Cc1ccccc1)C2=O. The standard InChI is InChI=1S/C22H23N3O3/c26-20(24-13-16-7-4-10-23-12-16)17-8-9-18-19(11-17)22(28)25(21(18)27)14-15-5-2-1-3-6-15/h1-3,5-6,8-9,11,16,23H,4,7,10,12-14H2,(H,24,26). The van der Waals surface area contributed by atoms with Crippen LogP contribution in [0.2, 0.25) is 0 Å². The molecule has 2 N–H and O–H groups in total. The van der Waals surface area contributed by atoms with Crippen molar-refractivity contribution in [1.29, 1.82) is 0 Å². The van der Waals surface area contributed by atoms with Crippen molar-refractivity contribution in [3.05, 3.63) is 70.8 Å². The Morgan fingerprint density at radius 2 is 1.86 bits per heavy atom. The quantitative estimate of drug-likeness (QED) is 0.783. The van der Waals surface area contributed by atoms with Crippen molar-refractivity contribution in [2.45, 2.75) is 19.4 Å². The number of hydrogen-bond acceptors (Lipinski definition) is 4. The number of hydrogen-bond donors (Lipinski definition) is 2. The van der Waals surface area contributed by atoms with Crippen LogP contribution in [-0.4, -0.2) is 42.3 Å². The van der Waals surface area contributed by atoms with Crippen LogP contribution in [0.3, 0.4) is 0 Å². The van der Waals surface area contributed by atoms with Crippen molar-refractivity contribution in [3.63, 3.8) is 0 Å². The van der Waals surface area contributed by atoms with Crippen LogP contribution in [-0.2, 0) is 6.54 Å². The van der Waals surface area contributed by atoms with E-state index in [-0.39, 0.29) is 24.3 Å². The van der Waals surface area contributed by atoms with E-state index in [2.05, 4.69) is 10.6 Å². The summed E-state index contributed by atoms with van der Waals surface area (Å²) < 4.78 is 0. The summed E-state index contributed by atoms with van der Waals surface area (Å²) in [5.41, 5.74) is 1.95. The van der Waals surface area contributed by atoms with Crippen molar-refractivity contribution >= 4 is 17.7 Å². The Kier molecular flexibility index (Phi) is 5.21. The molecule has 0 radical (unpaired) electrons.